The van der Waals surface area contributed by atoms with Gasteiger partial charge in [0, 0.05) is 11.1 Å². The van der Waals surface area contributed by atoms with E-state index in [9.17, 15) is 22.0 Å². The van der Waals surface area contributed by atoms with Gasteiger partial charge in [-0.1, -0.05) is 43.1 Å². The van der Waals surface area contributed by atoms with Crippen LogP contribution in [0.15, 0.2) is 42.5 Å². The highest BCUT2D eigenvalue weighted by Crippen LogP contribution is 2.23. The van der Waals surface area contributed by atoms with E-state index in [1.807, 2.05) is 6.92 Å². The van der Waals surface area contributed by atoms with E-state index in [0.29, 0.717) is 0 Å². The molecule has 3 aromatic rings. The minimum Gasteiger partial charge on any atom is -0.488 e. The molecule has 168 valence electrons. The summed E-state index contributed by atoms with van der Waals surface area (Å²) in [7, 11) is 0. The van der Waals surface area contributed by atoms with Crippen molar-refractivity contribution >= 4 is 0 Å². The van der Waals surface area contributed by atoms with Gasteiger partial charge < -0.3 is 4.74 Å². The van der Waals surface area contributed by atoms with Gasteiger partial charge >= 0.3 is 0 Å². The van der Waals surface area contributed by atoms with E-state index < -0.39 is 40.4 Å². The largest absolute Gasteiger partial charge is 0.488 e. The van der Waals surface area contributed by atoms with Crippen LogP contribution >= 0.6 is 0 Å². The van der Waals surface area contributed by atoms with Crippen LogP contribution in [0.1, 0.15) is 48.1 Å². The fourth-order valence-corrected chi connectivity index (χ4v) is 3.06. The molecule has 33 heavy (non-hydrogen) atoms. The topological polar surface area (TPSA) is 9.23 Å². The van der Waals surface area contributed by atoms with Gasteiger partial charge in [-0.3, -0.25) is 0 Å². The van der Waals surface area contributed by atoms with Crippen molar-refractivity contribution in [2.45, 2.75) is 26.7 Å². The highest BCUT2D eigenvalue weighted by molar-refractivity contribution is 5.50. The smallest absolute Gasteiger partial charge is 0.190 e. The van der Waals surface area contributed by atoms with Crippen molar-refractivity contribution in [1.29, 1.82) is 0 Å². The van der Waals surface area contributed by atoms with E-state index >= 15 is 0 Å². The Hall–Kier alpha value is -3.77. The normalized spacial score (nSPS) is 10.2. The highest BCUT2D eigenvalue weighted by Gasteiger charge is 2.12. The Bertz CT molecular complexity index is 1260. The SMILES string of the molecule is CCCc1ccc(C#Cc2cc(F)c(C#Cc3cc(F)c(OCC)c(F)c3)c(F)c2)c(F)c1. The van der Waals surface area contributed by atoms with Crippen LogP contribution in [0.25, 0.3) is 0 Å². The highest BCUT2D eigenvalue weighted by atomic mass is 19.1. The van der Waals surface area contributed by atoms with Crippen LogP contribution in [-0.4, -0.2) is 6.61 Å². The van der Waals surface area contributed by atoms with E-state index in [0.717, 1.165) is 42.7 Å². The molecule has 0 radical (unpaired) electrons. The summed E-state index contributed by atoms with van der Waals surface area (Å²) in [5.41, 5.74) is 0.251. The average molecular weight is 454 g/mol. The van der Waals surface area contributed by atoms with E-state index in [-0.39, 0.29) is 23.3 Å². The molecule has 0 amide bonds. The van der Waals surface area contributed by atoms with Gasteiger partial charge in [-0.25, -0.2) is 22.0 Å². The molecule has 0 aliphatic heterocycles. The molecule has 0 atom stereocenters. The third-order valence-corrected chi connectivity index (χ3v) is 4.57. The van der Waals surface area contributed by atoms with Gasteiger partial charge in [0.1, 0.15) is 17.5 Å². The molecule has 0 saturated carbocycles. The lowest BCUT2D eigenvalue weighted by Crippen LogP contribution is -1.98. The van der Waals surface area contributed by atoms with Crippen LogP contribution in [0.3, 0.4) is 0 Å². The molecule has 0 aliphatic carbocycles. The quantitative estimate of drug-likeness (QED) is 0.322. The maximum atomic E-state index is 14.4. The van der Waals surface area contributed by atoms with Crippen molar-refractivity contribution in [3.8, 4) is 29.4 Å². The van der Waals surface area contributed by atoms with Crippen LogP contribution in [0.2, 0.25) is 0 Å². The predicted octanol–water partition coefficient (Wildman–Crippen LogP) is 6.53. The van der Waals surface area contributed by atoms with Crippen LogP contribution in [-0.2, 0) is 6.42 Å². The van der Waals surface area contributed by atoms with Gasteiger partial charge in [0.2, 0.25) is 0 Å². The maximum Gasteiger partial charge on any atom is 0.190 e. The maximum absolute atomic E-state index is 14.4. The van der Waals surface area contributed by atoms with Gasteiger partial charge in [-0.15, -0.1) is 0 Å². The molecule has 6 heteroatoms. The van der Waals surface area contributed by atoms with Gasteiger partial charge in [0.15, 0.2) is 17.4 Å². The molecule has 3 rings (SSSR count). The number of aryl methyl sites for hydroxylation is 1. The molecular formula is C27H19F5O. The summed E-state index contributed by atoms with van der Waals surface area (Å²) in [6, 6.07) is 8.41. The van der Waals surface area contributed by atoms with Crippen LogP contribution in [0.4, 0.5) is 22.0 Å². The van der Waals surface area contributed by atoms with Crippen molar-refractivity contribution in [1.82, 2.24) is 0 Å². The minimum atomic E-state index is -1.00. The molecule has 1 nitrogen and oxygen atoms in total. The summed E-state index contributed by atoms with van der Waals surface area (Å²) < 4.78 is 75.7. The zero-order valence-corrected chi connectivity index (χ0v) is 18.0. The zero-order chi connectivity index (χ0) is 24.0. The number of ether oxygens (including phenoxy) is 1. The molecule has 0 fully saturated rings. The Balaban J connectivity index is 1.87. The van der Waals surface area contributed by atoms with Gasteiger partial charge in [0.05, 0.1) is 17.7 Å². The molecular weight excluding hydrogens is 435 g/mol. The van der Waals surface area contributed by atoms with Crippen molar-refractivity contribution in [2.75, 3.05) is 6.61 Å². The number of hydrogen-bond donors (Lipinski definition) is 0. The fraction of sp³-hybridized carbons (Fsp3) is 0.185. The lowest BCUT2D eigenvalue weighted by atomic mass is 10.1. The van der Waals surface area contributed by atoms with Gasteiger partial charge in [0.25, 0.3) is 0 Å². The molecule has 0 unspecified atom stereocenters. The molecule has 0 aromatic heterocycles. The van der Waals surface area contributed by atoms with Gasteiger partial charge in [-0.2, -0.15) is 0 Å². The van der Waals surface area contributed by atoms with Crippen molar-refractivity contribution in [3.63, 3.8) is 0 Å². The lowest BCUT2D eigenvalue weighted by molar-refractivity contribution is 0.302. The van der Waals surface area contributed by atoms with E-state index in [2.05, 4.69) is 23.7 Å². The number of halogens is 5. The van der Waals surface area contributed by atoms with E-state index in [1.54, 1.807) is 13.0 Å². The summed E-state index contributed by atoms with van der Waals surface area (Å²) in [6.07, 6.45) is 1.61. The fourth-order valence-electron chi connectivity index (χ4n) is 3.06. The number of hydrogen-bond acceptors (Lipinski definition) is 1. The Labute approximate surface area is 189 Å². The molecule has 0 N–H and O–H groups in total. The molecule has 0 heterocycles. The van der Waals surface area contributed by atoms with Crippen LogP contribution < -0.4 is 4.74 Å². The Morgan fingerprint density at radius 2 is 1.24 bits per heavy atom. The summed E-state index contributed by atoms with van der Waals surface area (Å²) in [6.45, 7) is 3.63. The number of benzene rings is 3. The first-order valence-electron chi connectivity index (χ1n) is 10.3. The summed E-state index contributed by atoms with van der Waals surface area (Å²) in [5.74, 6) is 4.70. The Morgan fingerprint density at radius 1 is 0.667 bits per heavy atom. The van der Waals surface area contributed by atoms with Crippen molar-refractivity contribution < 1.29 is 26.7 Å². The summed E-state index contributed by atoms with van der Waals surface area (Å²) >= 11 is 0. The standard InChI is InChI=1S/C27H19F5O/c1-3-5-17-6-9-20(22(28)12-17)10-7-18-13-23(29)21(24(30)14-18)11-8-19-15-25(31)27(33-4-2)26(32)16-19/h6,9,12-16H,3-5H2,1-2H3. The Kier molecular flexibility index (Phi) is 7.74. The van der Waals surface area contributed by atoms with Crippen LogP contribution in [0.5, 0.6) is 5.75 Å². The third kappa shape index (κ3) is 5.93. The second kappa shape index (κ2) is 10.7. The Morgan fingerprint density at radius 3 is 1.79 bits per heavy atom. The molecule has 0 spiro atoms. The number of rotatable bonds is 4. The first-order valence-corrected chi connectivity index (χ1v) is 10.3. The molecule has 0 bridgehead atoms. The second-order valence-corrected chi connectivity index (χ2v) is 7.08. The monoisotopic (exact) mass is 454 g/mol. The lowest BCUT2D eigenvalue weighted by Gasteiger charge is -2.06. The first-order chi connectivity index (χ1) is 15.8. The van der Waals surface area contributed by atoms with Crippen LogP contribution in [0, 0.1) is 52.8 Å². The molecule has 3 aromatic carbocycles. The summed E-state index contributed by atoms with van der Waals surface area (Å²) in [5, 5.41) is 0. The summed E-state index contributed by atoms with van der Waals surface area (Å²) in [4.78, 5) is 0. The predicted molar refractivity (Wildman–Crippen MR) is 116 cm³/mol. The van der Waals surface area contributed by atoms with Crippen molar-refractivity contribution in [3.05, 3.63) is 99.4 Å². The zero-order valence-electron chi connectivity index (χ0n) is 18.0. The minimum absolute atomic E-state index is 0.00857. The van der Waals surface area contributed by atoms with E-state index in [1.165, 1.54) is 12.1 Å². The first kappa shape index (κ1) is 23.9. The van der Waals surface area contributed by atoms with Crippen molar-refractivity contribution in [2.24, 2.45) is 0 Å². The average Bonchev–Trinajstić information content (AvgIpc) is 2.75. The van der Waals surface area contributed by atoms with E-state index in [4.69, 9.17) is 4.74 Å². The third-order valence-electron chi connectivity index (χ3n) is 4.57. The van der Waals surface area contributed by atoms with Gasteiger partial charge in [-0.05, 0) is 55.3 Å². The molecule has 0 aliphatic rings. The second-order valence-electron chi connectivity index (χ2n) is 7.08. The molecule has 0 saturated heterocycles.